The van der Waals surface area contributed by atoms with Crippen LogP contribution >= 0.6 is 0 Å². The van der Waals surface area contributed by atoms with Crippen molar-refractivity contribution in [3.05, 3.63) is 30.7 Å². The van der Waals surface area contributed by atoms with Crippen LogP contribution in [0, 0.1) is 0 Å². The van der Waals surface area contributed by atoms with Crippen LogP contribution in [0.4, 0.5) is 0 Å². The Morgan fingerprint density at radius 1 is 1.50 bits per heavy atom. The second kappa shape index (κ2) is 4.11. The molecule has 2 rings (SSSR count). The number of nitrogens with one attached hydrogen (secondary N) is 1. The van der Waals surface area contributed by atoms with Gasteiger partial charge >= 0.3 is 0 Å². The van der Waals surface area contributed by atoms with E-state index in [1.807, 2.05) is 13.1 Å². The Morgan fingerprint density at radius 2 is 2.43 bits per heavy atom. The lowest BCUT2D eigenvalue weighted by atomic mass is 10.3. The minimum Gasteiger partial charge on any atom is -0.472 e. The minimum absolute atomic E-state index is 0.746. The fourth-order valence-electron chi connectivity index (χ4n) is 1.20. The van der Waals surface area contributed by atoms with Gasteiger partial charge in [-0.25, -0.2) is 4.98 Å². The number of aromatic nitrogens is 1. The summed E-state index contributed by atoms with van der Waals surface area (Å²) in [4.78, 5) is 4.16. The number of hydrogen-bond donors (Lipinski definition) is 1. The van der Waals surface area contributed by atoms with Gasteiger partial charge < -0.3 is 14.2 Å². The molecule has 2 heterocycles. The van der Waals surface area contributed by atoms with Crippen LogP contribution in [-0.4, -0.2) is 18.6 Å². The highest BCUT2D eigenvalue weighted by Crippen LogP contribution is 2.20. The molecule has 4 heteroatoms. The Labute approximate surface area is 81.9 Å². The fourth-order valence-corrected chi connectivity index (χ4v) is 1.20. The van der Waals surface area contributed by atoms with Crippen LogP contribution in [0.25, 0.3) is 11.3 Å². The molecule has 0 saturated heterocycles. The SMILES string of the molecule is CNCCc1ncc(-c2ccoc2)o1. The average molecular weight is 192 g/mol. The summed E-state index contributed by atoms with van der Waals surface area (Å²) in [7, 11) is 1.90. The number of hydrogen-bond acceptors (Lipinski definition) is 4. The molecule has 0 fully saturated rings. The summed E-state index contributed by atoms with van der Waals surface area (Å²) in [5.41, 5.74) is 0.924. The lowest BCUT2D eigenvalue weighted by Gasteiger charge is -1.93. The normalized spacial score (nSPS) is 10.6. The van der Waals surface area contributed by atoms with Crippen molar-refractivity contribution in [1.82, 2.24) is 10.3 Å². The van der Waals surface area contributed by atoms with Gasteiger partial charge in [0.1, 0.15) is 6.26 Å². The van der Waals surface area contributed by atoms with E-state index in [4.69, 9.17) is 8.83 Å². The van der Waals surface area contributed by atoms with Gasteiger partial charge in [-0.2, -0.15) is 0 Å². The first kappa shape index (κ1) is 9.02. The Balaban J connectivity index is 2.10. The zero-order valence-electron chi connectivity index (χ0n) is 7.99. The number of likely N-dealkylation sites (N-methyl/N-ethyl adjacent to an activating group) is 1. The predicted octanol–water partition coefficient (Wildman–Crippen LogP) is 1.70. The largest absolute Gasteiger partial charge is 0.472 e. The van der Waals surface area contributed by atoms with Crippen LogP contribution in [0.5, 0.6) is 0 Å². The molecule has 2 aromatic heterocycles. The van der Waals surface area contributed by atoms with Crippen LogP contribution < -0.4 is 5.32 Å². The molecule has 74 valence electrons. The molecule has 14 heavy (non-hydrogen) atoms. The van der Waals surface area contributed by atoms with Crippen LogP contribution in [0.15, 0.2) is 33.6 Å². The van der Waals surface area contributed by atoms with Crippen LogP contribution in [0.1, 0.15) is 5.89 Å². The molecule has 0 saturated carbocycles. The summed E-state index contributed by atoms with van der Waals surface area (Å²) in [5.74, 6) is 1.50. The van der Waals surface area contributed by atoms with E-state index in [2.05, 4.69) is 10.3 Å². The summed E-state index contributed by atoms with van der Waals surface area (Å²) in [6, 6.07) is 1.85. The van der Waals surface area contributed by atoms with Gasteiger partial charge in [0.25, 0.3) is 0 Å². The molecule has 0 radical (unpaired) electrons. The van der Waals surface area contributed by atoms with Crippen molar-refractivity contribution in [3.8, 4) is 11.3 Å². The maximum atomic E-state index is 5.52. The van der Waals surface area contributed by atoms with Gasteiger partial charge in [0.2, 0.25) is 0 Å². The Hall–Kier alpha value is -1.55. The first-order chi connectivity index (χ1) is 6.90. The summed E-state index contributed by atoms with van der Waals surface area (Å²) < 4.78 is 10.5. The number of furan rings is 1. The summed E-state index contributed by atoms with van der Waals surface area (Å²) in [6.45, 7) is 0.866. The lowest BCUT2D eigenvalue weighted by Crippen LogP contribution is -2.10. The molecule has 0 aliphatic carbocycles. The van der Waals surface area contributed by atoms with Gasteiger partial charge in [0.05, 0.1) is 18.0 Å². The molecule has 0 amide bonds. The number of rotatable bonds is 4. The van der Waals surface area contributed by atoms with E-state index in [1.165, 1.54) is 0 Å². The number of nitrogens with zero attached hydrogens (tertiary/aromatic N) is 1. The third kappa shape index (κ3) is 1.85. The van der Waals surface area contributed by atoms with Crippen molar-refractivity contribution in [3.63, 3.8) is 0 Å². The molecule has 0 aliphatic rings. The second-order valence-corrected chi connectivity index (χ2v) is 2.98. The van der Waals surface area contributed by atoms with E-state index in [0.29, 0.717) is 0 Å². The zero-order valence-corrected chi connectivity index (χ0v) is 7.99. The van der Waals surface area contributed by atoms with Gasteiger partial charge in [-0.05, 0) is 13.1 Å². The molecule has 2 aromatic rings. The highest BCUT2D eigenvalue weighted by atomic mass is 16.4. The highest BCUT2D eigenvalue weighted by molar-refractivity contribution is 5.53. The first-order valence-corrected chi connectivity index (χ1v) is 4.52. The highest BCUT2D eigenvalue weighted by Gasteiger charge is 2.06. The van der Waals surface area contributed by atoms with E-state index >= 15 is 0 Å². The molecule has 0 unspecified atom stereocenters. The molecule has 1 N–H and O–H groups in total. The van der Waals surface area contributed by atoms with E-state index in [9.17, 15) is 0 Å². The molecular weight excluding hydrogens is 180 g/mol. The molecular formula is C10H12N2O2. The minimum atomic E-state index is 0.746. The summed E-state index contributed by atoms with van der Waals surface area (Å²) in [6.07, 6.45) is 5.78. The monoisotopic (exact) mass is 192 g/mol. The third-order valence-corrected chi connectivity index (χ3v) is 1.95. The van der Waals surface area contributed by atoms with E-state index in [-0.39, 0.29) is 0 Å². The van der Waals surface area contributed by atoms with Crippen molar-refractivity contribution >= 4 is 0 Å². The molecule has 0 aliphatic heterocycles. The summed E-state index contributed by atoms with van der Waals surface area (Å²) in [5, 5.41) is 3.04. The van der Waals surface area contributed by atoms with Crippen LogP contribution in [0.2, 0.25) is 0 Å². The van der Waals surface area contributed by atoms with Gasteiger partial charge in [-0.1, -0.05) is 0 Å². The molecule has 0 spiro atoms. The van der Waals surface area contributed by atoms with E-state index in [1.54, 1.807) is 18.7 Å². The quantitative estimate of drug-likeness (QED) is 0.801. The lowest BCUT2D eigenvalue weighted by molar-refractivity contribution is 0.499. The van der Waals surface area contributed by atoms with Gasteiger partial charge in [-0.3, -0.25) is 0 Å². The third-order valence-electron chi connectivity index (χ3n) is 1.95. The smallest absolute Gasteiger partial charge is 0.196 e. The van der Waals surface area contributed by atoms with Crippen molar-refractivity contribution in [2.75, 3.05) is 13.6 Å². The van der Waals surface area contributed by atoms with E-state index in [0.717, 1.165) is 30.2 Å². The fraction of sp³-hybridized carbons (Fsp3) is 0.300. The van der Waals surface area contributed by atoms with Crippen molar-refractivity contribution < 1.29 is 8.83 Å². The Morgan fingerprint density at radius 3 is 3.14 bits per heavy atom. The number of oxazole rings is 1. The van der Waals surface area contributed by atoms with Crippen LogP contribution in [0.3, 0.4) is 0 Å². The topological polar surface area (TPSA) is 51.2 Å². The maximum Gasteiger partial charge on any atom is 0.196 e. The average Bonchev–Trinajstić information content (AvgIpc) is 2.85. The molecule has 4 nitrogen and oxygen atoms in total. The van der Waals surface area contributed by atoms with Gasteiger partial charge in [-0.15, -0.1) is 0 Å². The summed E-state index contributed by atoms with van der Waals surface area (Å²) >= 11 is 0. The van der Waals surface area contributed by atoms with Gasteiger partial charge in [0, 0.05) is 13.0 Å². The molecule has 0 atom stereocenters. The van der Waals surface area contributed by atoms with Crippen molar-refractivity contribution in [1.29, 1.82) is 0 Å². The van der Waals surface area contributed by atoms with Gasteiger partial charge in [0.15, 0.2) is 11.7 Å². The molecule has 0 bridgehead atoms. The Kier molecular flexibility index (Phi) is 2.65. The maximum absolute atomic E-state index is 5.52. The standard InChI is InChI=1S/C10H12N2O2/c1-11-4-2-10-12-6-9(14-10)8-3-5-13-7-8/h3,5-7,11H,2,4H2,1H3. The Bertz CT molecular complexity index is 378. The van der Waals surface area contributed by atoms with Crippen LogP contribution in [-0.2, 0) is 6.42 Å². The van der Waals surface area contributed by atoms with Crippen molar-refractivity contribution in [2.45, 2.75) is 6.42 Å². The van der Waals surface area contributed by atoms with E-state index < -0.39 is 0 Å². The molecule has 0 aromatic carbocycles. The first-order valence-electron chi connectivity index (χ1n) is 4.52. The second-order valence-electron chi connectivity index (χ2n) is 2.98. The zero-order chi connectivity index (χ0) is 9.80. The van der Waals surface area contributed by atoms with Crippen molar-refractivity contribution in [2.24, 2.45) is 0 Å². The predicted molar refractivity (Wildman–Crippen MR) is 51.8 cm³/mol.